The number of ether oxygens (including phenoxy) is 1. The van der Waals surface area contributed by atoms with Crippen LogP contribution in [0.5, 0.6) is 11.5 Å². The fourth-order valence-electron chi connectivity index (χ4n) is 3.05. The second-order valence-electron chi connectivity index (χ2n) is 5.34. The van der Waals surface area contributed by atoms with E-state index in [9.17, 15) is 9.90 Å². The average molecular weight is 322 g/mol. The van der Waals surface area contributed by atoms with Crippen molar-refractivity contribution in [3.05, 3.63) is 53.7 Å². The first kappa shape index (κ1) is 14.3. The molecule has 0 saturated carbocycles. The molecule has 0 aliphatic carbocycles. The molecule has 1 aromatic heterocycles. The zero-order valence-corrected chi connectivity index (χ0v) is 13.1. The molecule has 0 spiro atoms. The number of ketones is 1. The van der Waals surface area contributed by atoms with Gasteiger partial charge in [-0.15, -0.1) is 0 Å². The van der Waals surface area contributed by atoms with Gasteiger partial charge in [-0.25, -0.2) is 4.99 Å². The minimum Gasteiger partial charge on any atom is -0.505 e. The Hall–Kier alpha value is -3.28. The standard InChI is InChI=1S/C18H14N2O4/c1-23-13-9-5-8-12-14(13)18(22)16(20(12)24-2)15-17(21)10-6-3-4-7-11(10)19-15/h3-9,22H,1-2H3. The molecule has 0 unspecified atom stereocenters. The number of Topliss-reactive ketones (excluding diaryl/α,β-unsaturated/α-hetero) is 1. The van der Waals surface area contributed by atoms with Crippen molar-refractivity contribution in [1.29, 1.82) is 0 Å². The van der Waals surface area contributed by atoms with Gasteiger partial charge < -0.3 is 14.7 Å². The molecule has 0 atom stereocenters. The van der Waals surface area contributed by atoms with Gasteiger partial charge in [0.1, 0.15) is 18.6 Å². The lowest BCUT2D eigenvalue weighted by molar-refractivity contribution is 0.106. The predicted octanol–water partition coefficient (Wildman–Crippen LogP) is 2.73. The number of hydrogen-bond acceptors (Lipinski definition) is 5. The Balaban J connectivity index is 2.02. The Labute approximate surface area is 137 Å². The lowest BCUT2D eigenvalue weighted by atomic mass is 10.1. The zero-order valence-electron chi connectivity index (χ0n) is 13.1. The van der Waals surface area contributed by atoms with Gasteiger partial charge in [0.2, 0.25) is 5.78 Å². The van der Waals surface area contributed by atoms with Crippen molar-refractivity contribution in [2.24, 2.45) is 4.99 Å². The van der Waals surface area contributed by atoms with Gasteiger partial charge in [0.15, 0.2) is 11.4 Å². The number of rotatable bonds is 3. The molecule has 0 amide bonds. The van der Waals surface area contributed by atoms with Crippen molar-refractivity contribution < 1.29 is 19.5 Å². The summed E-state index contributed by atoms with van der Waals surface area (Å²) < 4.78 is 6.72. The maximum Gasteiger partial charge on any atom is 0.215 e. The highest BCUT2D eigenvalue weighted by Crippen LogP contribution is 2.40. The Bertz CT molecular complexity index is 1020. The van der Waals surface area contributed by atoms with E-state index < -0.39 is 0 Å². The Morgan fingerprint density at radius 3 is 2.58 bits per heavy atom. The van der Waals surface area contributed by atoms with Gasteiger partial charge in [-0.2, -0.15) is 4.73 Å². The monoisotopic (exact) mass is 322 g/mol. The van der Waals surface area contributed by atoms with Crippen LogP contribution in [0.25, 0.3) is 10.9 Å². The Morgan fingerprint density at radius 2 is 1.88 bits per heavy atom. The summed E-state index contributed by atoms with van der Waals surface area (Å²) >= 11 is 0. The average Bonchev–Trinajstić information content (AvgIpc) is 3.09. The predicted molar refractivity (Wildman–Crippen MR) is 89.6 cm³/mol. The molecular weight excluding hydrogens is 308 g/mol. The molecule has 0 radical (unpaired) electrons. The van der Waals surface area contributed by atoms with E-state index in [2.05, 4.69) is 4.99 Å². The molecule has 0 fully saturated rings. The summed E-state index contributed by atoms with van der Waals surface area (Å²) in [5.41, 5.74) is 2.05. The summed E-state index contributed by atoms with van der Waals surface area (Å²) in [6.07, 6.45) is 0. The molecular formula is C18H14N2O4. The maximum absolute atomic E-state index is 12.7. The molecule has 3 aromatic rings. The highest BCUT2D eigenvalue weighted by atomic mass is 16.6. The van der Waals surface area contributed by atoms with Gasteiger partial charge >= 0.3 is 0 Å². The number of methoxy groups -OCH3 is 1. The second-order valence-corrected chi connectivity index (χ2v) is 5.34. The first-order chi connectivity index (χ1) is 11.7. The van der Waals surface area contributed by atoms with E-state index in [-0.39, 0.29) is 22.9 Å². The Morgan fingerprint density at radius 1 is 1.08 bits per heavy atom. The van der Waals surface area contributed by atoms with Crippen LogP contribution in [0.3, 0.4) is 0 Å². The van der Waals surface area contributed by atoms with Crippen LogP contribution in [0.1, 0.15) is 16.1 Å². The summed E-state index contributed by atoms with van der Waals surface area (Å²) in [5.74, 6) is 0.149. The van der Waals surface area contributed by atoms with Crippen molar-refractivity contribution in [2.75, 3.05) is 14.2 Å². The van der Waals surface area contributed by atoms with E-state index in [1.807, 2.05) is 6.07 Å². The van der Waals surface area contributed by atoms with Crippen LogP contribution in [-0.4, -0.2) is 35.6 Å². The van der Waals surface area contributed by atoms with Gasteiger partial charge in [0.05, 0.1) is 23.7 Å². The molecule has 6 nitrogen and oxygen atoms in total. The van der Waals surface area contributed by atoms with Crippen molar-refractivity contribution in [1.82, 2.24) is 4.73 Å². The summed E-state index contributed by atoms with van der Waals surface area (Å²) in [7, 11) is 2.99. The number of fused-ring (bicyclic) bond motifs is 2. The number of aromatic hydroxyl groups is 1. The fraction of sp³-hybridized carbons (Fsp3) is 0.111. The first-order valence-corrected chi connectivity index (χ1v) is 7.35. The molecule has 0 bridgehead atoms. The third-order valence-corrected chi connectivity index (χ3v) is 4.11. The fourth-order valence-corrected chi connectivity index (χ4v) is 3.05. The first-order valence-electron chi connectivity index (χ1n) is 7.35. The molecule has 4 rings (SSSR count). The summed E-state index contributed by atoms with van der Waals surface area (Å²) in [6.45, 7) is 0. The van der Waals surface area contributed by atoms with Crippen LogP contribution in [0.4, 0.5) is 5.69 Å². The molecule has 120 valence electrons. The summed E-state index contributed by atoms with van der Waals surface area (Å²) in [6, 6.07) is 12.4. The summed E-state index contributed by atoms with van der Waals surface area (Å²) in [4.78, 5) is 22.5. The number of carbonyl (C=O) groups is 1. The van der Waals surface area contributed by atoms with Gasteiger partial charge in [-0.1, -0.05) is 18.2 Å². The molecule has 2 aromatic carbocycles. The number of benzene rings is 2. The quantitative estimate of drug-likeness (QED) is 0.805. The van der Waals surface area contributed by atoms with Crippen LogP contribution in [0.2, 0.25) is 0 Å². The van der Waals surface area contributed by atoms with Crippen LogP contribution >= 0.6 is 0 Å². The largest absolute Gasteiger partial charge is 0.505 e. The smallest absolute Gasteiger partial charge is 0.215 e. The number of nitrogens with zero attached hydrogens (tertiary/aromatic N) is 2. The number of aliphatic imine (C=N–C) groups is 1. The van der Waals surface area contributed by atoms with E-state index in [4.69, 9.17) is 9.57 Å². The number of carbonyl (C=O) groups excluding carboxylic acids is 1. The van der Waals surface area contributed by atoms with E-state index in [1.54, 1.807) is 36.4 Å². The molecule has 0 saturated heterocycles. The van der Waals surface area contributed by atoms with Crippen molar-refractivity contribution >= 4 is 28.1 Å². The van der Waals surface area contributed by atoms with Crippen molar-refractivity contribution in [3.8, 4) is 11.5 Å². The molecule has 6 heteroatoms. The van der Waals surface area contributed by atoms with E-state index in [0.29, 0.717) is 27.9 Å². The SMILES string of the molecule is COc1cccc2c1c(O)c(C1=Nc3ccccc3C1=O)n2OC. The van der Waals surface area contributed by atoms with Crippen molar-refractivity contribution in [3.63, 3.8) is 0 Å². The number of para-hydroxylation sites is 1. The third kappa shape index (κ3) is 1.76. The van der Waals surface area contributed by atoms with Crippen molar-refractivity contribution in [2.45, 2.75) is 0 Å². The molecule has 24 heavy (non-hydrogen) atoms. The van der Waals surface area contributed by atoms with Crippen LogP contribution in [-0.2, 0) is 0 Å². The van der Waals surface area contributed by atoms with Crippen LogP contribution in [0, 0.1) is 0 Å². The van der Waals surface area contributed by atoms with Gasteiger partial charge in [-0.05, 0) is 24.3 Å². The third-order valence-electron chi connectivity index (χ3n) is 4.11. The molecule has 1 aliphatic rings. The lowest BCUT2D eigenvalue weighted by Gasteiger charge is -2.07. The second kappa shape index (κ2) is 5.13. The maximum atomic E-state index is 12.7. The normalized spacial score (nSPS) is 13.1. The van der Waals surface area contributed by atoms with E-state index >= 15 is 0 Å². The number of hydrogen-bond donors (Lipinski definition) is 1. The topological polar surface area (TPSA) is 73.0 Å². The highest BCUT2D eigenvalue weighted by molar-refractivity contribution is 6.55. The lowest BCUT2D eigenvalue weighted by Crippen LogP contribution is -2.19. The van der Waals surface area contributed by atoms with E-state index in [0.717, 1.165) is 0 Å². The van der Waals surface area contributed by atoms with Gasteiger partial charge in [0.25, 0.3) is 0 Å². The Kier molecular flexibility index (Phi) is 3.06. The van der Waals surface area contributed by atoms with E-state index in [1.165, 1.54) is 19.0 Å². The molecule has 2 heterocycles. The molecule has 1 N–H and O–H groups in total. The van der Waals surface area contributed by atoms with Crippen LogP contribution < -0.4 is 9.57 Å². The highest BCUT2D eigenvalue weighted by Gasteiger charge is 2.33. The van der Waals surface area contributed by atoms with Gasteiger partial charge in [-0.3, -0.25) is 4.79 Å². The van der Waals surface area contributed by atoms with Gasteiger partial charge in [0, 0.05) is 5.56 Å². The minimum absolute atomic E-state index is 0.0933. The zero-order chi connectivity index (χ0) is 16.8. The summed E-state index contributed by atoms with van der Waals surface area (Å²) in [5, 5.41) is 11.2. The number of aromatic nitrogens is 1. The van der Waals surface area contributed by atoms with Crippen LogP contribution in [0.15, 0.2) is 47.5 Å². The minimum atomic E-state index is -0.249. The molecule has 1 aliphatic heterocycles.